The minimum absolute atomic E-state index is 0.0525. The van der Waals surface area contributed by atoms with Crippen LogP contribution in [0.5, 0.6) is 0 Å². The second-order valence-electron chi connectivity index (χ2n) is 6.07. The number of nitrogens with two attached hydrogens (primary N) is 2. The summed E-state index contributed by atoms with van der Waals surface area (Å²) in [5.74, 6) is -1.47. The Morgan fingerprint density at radius 3 is 2.81 bits per heavy atom. The van der Waals surface area contributed by atoms with E-state index in [1.807, 2.05) is 0 Å². The maximum Gasteiger partial charge on any atom is 0.446 e. The lowest BCUT2D eigenvalue weighted by atomic mass is 10.1. The third-order valence-corrected chi connectivity index (χ3v) is 4.91. The fraction of sp³-hybridized carbons (Fsp3) is 0.333. The van der Waals surface area contributed by atoms with Crippen LogP contribution in [0, 0.1) is 11.2 Å². The Bertz CT molecular complexity index is 947. The summed E-state index contributed by atoms with van der Waals surface area (Å²) in [5, 5.41) is 14.4. The number of benzene rings is 1. The first-order valence-electron chi connectivity index (χ1n) is 7.70. The lowest BCUT2D eigenvalue weighted by molar-refractivity contribution is 0.319. The molecule has 11 heteroatoms. The standard InChI is InChI=1S/C15H16BrFN6O3/c16-9-5-8(1-2-10(9)17)23-13(22-26-14(23)24)11(21-25)12(19)20-7-15(6-18)3-4-15/h1-2,5,25H,3-4,6-7,18H2,(H2,19,20)/p+1/b21-11+. The molecule has 9 nitrogen and oxygen atoms in total. The van der Waals surface area contributed by atoms with Gasteiger partial charge < -0.3 is 16.7 Å². The first kappa shape index (κ1) is 18.3. The maximum absolute atomic E-state index is 13.5. The number of amidine groups is 1. The van der Waals surface area contributed by atoms with Crippen LogP contribution >= 0.6 is 15.9 Å². The monoisotopic (exact) mass is 427 g/mol. The third kappa shape index (κ3) is 3.40. The summed E-state index contributed by atoms with van der Waals surface area (Å²) in [7, 11) is 0. The van der Waals surface area contributed by atoms with Gasteiger partial charge in [0.2, 0.25) is 11.5 Å². The van der Waals surface area contributed by atoms with Crippen molar-refractivity contribution in [2.45, 2.75) is 12.8 Å². The fourth-order valence-electron chi connectivity index (χ4n) is 2.40. The highest BCUT2D eigenvalue weighted by Gasteiger charge is 2.41. The molecule has 0 aliphatic heterocycles. The quantitative estimate of drug-likeness (QED) is 0.293. The van der Waals surface area contributed by atoms with Gasteiger partial charge in [-0.15, -0.1) is 0 Å². The Morgan fingerprint density at radius 1 is 1.50 bits per heavy atom. The van der Waals surface area contributed by atoms with E-state index in [1.165, 1.54) is 18.2 Å². The van der Waals surface area contributed by atoms with Gasteiger partial charge in [0.25, 0.3) is 0 Å². The molecule has 0 bridgehead atoms. The molecule has 0 unspecified atom stereocenters. The van der Waals surface area contributed by atoms with Gasteiger partial charge in [-0.05, 0) is 53.5 Å². The first-order valence-corrected chi connectivity index (χ1v) is 8.49. The van der Waals surface area contributed by atoms with Crippen LogP contribution in [0.15, 0.2) is 42.1 Å². The largest absolute Gasteiger partial charge is 0.468 e. The molecule has 0 saturated heterocycles. The van der Waals surface area contributed by atoms with Gasteiger partial charge in [-0.1, -0.05) is 5.16 Å². The van der Waals surface area contributed by atoms with Crippen molar-refractivity contribution < 1.29 is 14.1 Å². The SMILES string of the molecule is NCC1(CN=C(N)/C(=N\[OH2+])c2noc(=O)n2-c2ccc(F)c(Br)c2)CC1. The van der Waals surface area contributed by atoms with Gasteiger partial charge in [0.15, 0.2) is 5.84 Å². The highest BCUT2D eigenvalue weighted by atomic mass is 79.9. The predicted octanol–water partition coefficient (Wildman–Crippen LogP) is 0.252. The molecule has 138 valence electrons. The van der Waals surface area contributed by atoms with Crippen molar-refractivity contribution in [3.05, 3.63) is 44.9 Å². The molecule has 6 N–H and O–H groups in total. The number of aromatic nitrogens is 2. The molecule has 1 saturated carbocycles. The zero-order valence-electron chi connectivity index (χ0n) is 13.6. The lowest BCUT2D eigenvalue weighted by Gasteiger charge is -2.09. The Hall–Kier alpha value is -2.53. The number of halogens is 2. The summed E-state index contributed by atoms with van der Waals surface area (Å²) < 4.78 is 19.3. The number of aliphatic imine (C=N–C) groups is 1. The minimum atomic E-state index is -0.826. The summed E-state index contributed by atoms with van der Waals surface area (Å²) in [5.41, 5.74) is 11.8. The highest BCUT2D eigenvalue weighted by Crippen LogP contribution is 2.44. The maximum atomic E-state index is 13.5. The zero-order chi connectivity index (χ0) is 18.9. The average Bonchev–Trinajstić information content (AvgIpc) is 3.32. The summed E-state index contributed by atoms with van der Waals surface area (Å²) in [6.07, 6.45) is 1.93. The number of rotatable bonds is 6. The van der Waals surface area contributed by atoms with E-state index in [2.05, 4.69) is 35.8 Å². The van der Waals surface area contributed by atoms with Crippen molar-refractivity contribution in [3.8, 4) is 5.69 Å². The fourth-order valence-corrected chi connectivity index (χ4v) is 2.77. The van der Waals surface area contributed by atoms with Crippen molar-refractivity contribution in [1.29, 1.82) is 0 Å². The van der Waals surface area contributed by atoms with Gasteiger partial charge in [0.05, 0.1) is 15.3 Å². The molecule has 0 amide bonds. The van der Waals surface area contributed by atoms with Gasteiger partial charge >= 0.3 is 5.76 Å². The van der Waals surface area contributed by atoms with E-state index in [0.29, 0.717) is 13.1 Å². The van der Waals surface area contributed by atoms with Crippen LogP contribution in [0.2, 0.25) is 0 Å². The number of hydrogen-bond donors (Lipinski definition) is 2. The second-order valence-corrected chi connectivity index (χ2v) is 6.93. The van der Waals surface area contributed by atoms with Gasteiger partial charge in [-0.3, -0.25) is 9.52 Å². The summed E-state index contributed by atoms with van der Waals surface area (Å²) in [6.45, 7) is 0.897. The molecule has 3 rings (SSSR count). The van der Waals surface area contributed by atoms with E-state index in [1.54, 1.807) is 0 Å². The third-order valence-electron chi connectivity index (χ3n) is 4.31. The highest BCUT2D eigenvalue weighted by molar-refractivity contribution is 9.10. The molecule has 0 spiro atoms. The molecule has 1 aromatic carbocycles. The van der Waals surface area contributed by atoms with Crippen molar-refractivity contribution >= 4 is 27.5 Å². The molecule has 1 heterocycles. The molecular formula is C15H17BrFN6O3+. The average molecular weight is 428 g/mol. The normalized spacial score (nSPS) is 16.7. The lowest BCUT2D eigenvalue weighted by Crippen LogP contribution is -2.31. The number of hydrogen-bond acceptors (Lipinski definition) is 6. The Kier molecular flexibility index (Phi) is 4.92. The molecular weight excluding hydrogens is 411 g/mol. The van der Waals surface area contributed by atoms with E-state index >= 15 is 0 Å². The van der Waals surface area contributed by atoms with Crippen molar-refractivity contribution in [2.24, 2.45) is 27.0 Å². The smallest absolute Gasteiger partial charge is 0.446 e. The van der Waals surface area contributed by atoms with E-state index < -0.39 is 11.6 Å². The van der Waals surface area contributed by atoms with Gasteiger partial charge in [0, 0.05) is 12.0 Å². The van der Waals surface area contributed by atoms with Crippen LogP contribution in [0.1, 0.15) is 18.7 Å². The van der Waals surface area contributed by atoms with Gasteiger partial charge in [-0.25, -0.2) is 13.8 Å². The van der Waals surface area contributed by atoms with Crippen molar-refractivity contribution in [2.75, 3.05) is 13.1 Å². The number of nitrogens with zero attached hydrogens (tertiary/aromatic N) is 4. The van der Waals surface area contributed by atoms with Crippen LogP contribution < -0.4 is 17.2 Å². The molecule has 1 aromatic heterocycles. The predicted molar refractivity (Wildman–Crippen MR) is 97.1 cm³/mol. The summed E-state index contributed by atoms with van der Waals surface area (Å²) in [4.78, 5) is 16.3. The van der Waals surface area contributed by atoms with Crippen LogP contribution in [-0.4, -0.2) is 39.6 Å². The molecule has 2 aromatic rings. The van der Waals surface area contributed by atoms with Crippen LogP contribution in [0.25, 0.3) is 5.69 Å². The van der Waals surface area contributed by atoms with Gasteiger partial charge in [-0.2, -0.15) is 0 Å². The van der Waals surface area contributed by atoms with Crippen molar-refractivity contribution in [1.82, 2.24) is 9.72 Å². The van der Waals surface area contributed by atoms with E-state index in [9.17, 15) is 9.18 Å². The molecule has 0 radical (unpaired) electrons. The van der Waals surface area contributed by atoms with E-state index in [0.717, 1.165) is 17.4 Å². The topological polar surface area (TPSA) is 148 Å². The Balaban J connectivity index is 1.99. The molecule has 1 aliphatic carbocycles. The Labute approximate surface area is 155 Å². The zero-order valence-corrected chi connectivity index (χ0v) is 15.2. The minimum Gasteiger partial charge on any atom is -0.468 e. The molecule has 26 heavy (non-hydrogen) atoms. The van der Waals surface area contributed by atoms with Crippen LogP contribution in [0.4, 0.5) is 4.39 Å². The first-order chi connectivity index (χ1) is 12.4. The molecule has 1 fully saturated rings. The summed E-state index contributed by atoms with van der Waals surface area (Å²) in [6, 6.07) is 3.92. The van der Waals surface area contributed by atoms with Crippen LogP contribution in [-0.2, 0) is 0 Å². The van der Waals surface area contributed by atoms with Crippen molar-refractivity contribution in [3.63, 3.8) is 0 Å². The van der Waals surface area contributed by atoms with E-state index in [4.69, 9.17) is 16.7 Å². The molecule has 1 aliphatic rings. The van der Waals surface area contributed by atoms with Gasteiger partial charge in [0.1, 0.15) is 5.82 Å². The Morgan fingerprint density at radius 2 is 2.23 bits per heavy atom. The molecule has 0 atom stereocenters. The van der Waals surface area contributed by atoms with E-state index in [-0.39, 0.29) is 32.9 Å². The van der Waals surface area contributed by atoms with Crippen LogP contribution in [0.3, 0.4) is 0 Å². The second kappa shape index (κ2) is 7.00. The summed E-state index contributed by atoms with van der Waals surface area (Å²) >= 11 is 3.06.